The predicted molar refractivity (Wildman–Crippen MR) is 88.9 cm³/mol. The third-order valence-corrected chi connectivity index (χ3v) is 4.99. The highest BCUT2D eigenvalue weighted by molar-refractivity contribution is 5.74. The number of amides is 2. The van der Waals surface area contributed by atoms with Gasteiger partial charge in [0.2, 0.25) is 0 Å². The lowest BCUT2D eigenvalue weighted by Crippen LogP contribution is -2.46. The molecule has 4 heterocycles. The van der Waals surface area contributed by atoms with Crippen molar-refractivity contribution in [2.75, 3.05) is 26.2 Å². The topological polar surface area (TPSA) is 71.8 Å². The maximum absolute atomic E-state index is 12.3. The second kappa shape index (κ2) is 6.76. The number of rotatable bonds is 3. The van der Waals surface area contributed by atoms with Gasteiger partial charge >= 0.3 is 6.03 Å². The molecule has 2 fully saturated rings. The first-order valence-corrected chi connectivity index (χ1v) is 8.75. The second-order valence-electron chi connectivity index (χ2n) is 6.57. The van der Waals surface area contributed by atoms with Crippen LogP contribution in [0.25, 0.3) is 5.65 Å². The van der Waals surface area contributed by atoms with E-state index in [0.717, 1.165) is 56.9 Å². The molecule has 4 rings (SSSR count). The van der Waals surface area contributed by atoms with Crippen LogP contribution in [0.4, 0.5) is 4.79 Å². The van der Waals surface area contributed by atoms with E-state index < -0.39 is 0 Å². The van der Waals surface area contributed by atoms with Gasteiger partial charge in [-0.25, -0.2) is 4.79 Å². The smallest absolute Gasteiger partial charge is 0.317 e. The summed E-state index contributed by atoms with van der Waals surface area (Å²) in [5.41, 5.74) is 0.879. The van der Waals surface area contributed by atoms with Crippen LogP contribution in [-0.2, 0) is 4.74 Å². The Balaban J connectivity index is 1.32. The van der Waals surface area contributed by atoms with Gasteiger partial charge in [0.05, 0.1) is 6.10 Å². The molecule has 2 aliphatic heterocycles. The standard InChI is InChI=1S/C17H23N5O2/c23-17(18-12-14-4-3-11-24-14)21-9-6-13(7-10-21)16-20-19-15-5-1-2-8-22(15)16/h1-2,5,8,13-14H,3-4,6-7,9-12H2,(H,18,23)/t14-/m0/s1. The summed E-state index contributed by atoms with van der Waals surface area (Å²) in [6, 6.07) is 5.95. The molecule has 0 spiro atoms. The summed E-state index contributed by atoms with van der Waals surface area (Å²) in [6.07, 6.45) is 6.17. The van der Waals surface area contributed by atoms with E-state index >= 15 is 0 Å². The van der Waals surface area contributed by atoms with E-state index in [2.05, 4.69) is 19.9 Å². The van der Waals surface area contributed by atoms with Crippen molar-refractivity contribution in [2.45, 2.75) is 37.7 Å². The summed E-state index contributed by atoms with van der Waals surface area (Å²) >= 11 is 0. The first-order chi connectivity index (χ1) is 11.8. The molecule has 2 saturated heterocycles. The first-order valence-electron chi connectivity index (χ1n) is 8.75. The normalized spacial score (nSPS) is 22.2. The monoisotopic (exact) mass is 329 g/mol. The SMILES string of the molecule is O=C(NC[C@@H]1CCCO1)N1CCC(c2nnc3ccccn23)CC1. The Labute approximate surface area is 141 Å². The number of aromatic nitrogens is 3. The molecular formula is C17H23N5O2. The van der Waals surface area contributed by atoms with Gasteiger partial charge in [-0.1, -0.05) is 6.07 Å². The largest absolute Gasteiger partial charge is 0.376 e. The summed E-state index contributed by atoms with van der Waals surface area (Å²) in [7, 11) is 0. The lowest BCUT2D eigenvalue weighted by Gasteiger charge is -2.31. The molecular weight excluding hydrogens is 306 g/mol. The van der Waals surface area contributed by atoms with Crippen LogP contribution in [0.3, 0.4) is 0 Å². The van der Waals surface area contributed by atoms with Crippen LogP contribution in [-0.4, -0.2) is 57.9 Å². The van der Waals surface area contributed by atoms with Gasteiger partial charge in [0.15, 0.2) is 5.65 Å². The molecule has 0 bridgehead atoms. The molecule has 2 aromatic heterocycles. The number of piperidine rings is 1. The highest BCUT2D eigenvalue weighted by atomic mass is 16.5. The molecule has 24 heavy (non-hydrogen) atoms. The zero-order valence-electron chi connectivity index (χ0n) is 13.7. The van der Waals surface area contributed by atoms with E-state index in [1.54, 1.807) is 0 Å². The average Bonchev–Trinajstić information content (AvgIpc) is 3.29. The quantitative estimate of drug-likeness (QED) is 0.932. The molecule has 0 aromatic carbocycles. The van der Waals surface area contributed by atoms with Crippen LogP contribution in [0.15, 0.2) is 24.4 Å². The van der Waals surface area contributed by atoms with Gasteiger partial charge in [0.25, 0.3) is 0 Å². The van der Waals surface area contributed by atoms with E-state index in [9.17, 15) is 4.79 Å². The van der Waals surface area contributed by atoms with Crippen molar-refractivity contribution >= 4 is 11.7 Å². The fraction of sp³-hybridized carbons (Fsp3) is 0.588. The van der Waals surface area contributed by atoms with E-state index in [0.29, 0.717) is 12.5 Å². The number of hydrogen-bond donors (Lipinski definition) is 1. The van der Waals surface area contributed by atoms with Gasteiger partial charge in [0.1, 0.15) is 5.82 Å². The number of carbonyl (C=O) groups excluding carboxylic acids is 1. The first kappa shape index (κ1) is 15.4. The van der Waals surface area contributed by atoms with Gasteiger partial charge in [-0.3, -0.25) is 4.40 Å². The third kappa shape index (κ3) is 3.08. The number of fused-ring (bicyclic) bond motifs is 1. The van der Waals surface area contributed by atoms with Crippen molar-refractivity contribution in [2.24, 2.45) is 0 Å². The Morgan fingerprint density at radius 2 is 2.12 bits per heavy atom. The van der Waals surface area contributed by atoms with Gasteiger partial charge < -0.3 is 15.0 Å². The van der Waals surface area contributed by atoms with Crippen LogP contribution in [0.1, 0.15) is 37.4 Å². The number of nitrogens with one attached hydrogen (secondary N) is 1. The van der Waals surface area contributed by atoms with Crippen molar-refractivity contribution in [3.63, 3.8) is 0 Å². The van der Waals surface area contributed by atoms with E-state index in [1.165, 1.54) is 0 Å². The fourth-order valence-corrected chi connectivity index (χ4v) is 3.60. The van der Waals surface area contributed by atoms with Crippen molar-refractivity contribution in [1.29, 1.82) is 0 Å². The predicted octanol–water partition coefficient (Wildman–Crippen LogP) is 1.80. The summed E-state index contributed by atoms with van der Waals surface area (Å²) in [5.74, 6) is 1.36. The minimum absolute atomic E-state index is 0.0232. The summed E-state index contributed by atoms with van der Waals surface area (Å²) in [5, 5.41) is 11.6. The number of likely N-dealkylation sites (tertiary alicyclic amines) is 1. The Morgan fingerprint density at radius 1 is 1.25 bits per heavy atom. The van der Waals surface area contributed by atoms with Crippen molar-refractivity contribution in [3.05, 3.63) is 30.2 Å². The lowest BCUT2D eigenvalue weighted by atomic mass is 9.96. The van der Waals surface area contributed by atoms with E-state index in [1.807, 2.05) is 29.3 Å². The zero-order chi connectivity index (χ0) is 16.4. The molecule has 0 radical (unpaired) electrons. The van der Waals surface area contributed by atoms with E-state index in [-0.39, 0.29) is 12.1 Å². The molecule has 1 N–H and O–H groups in total. The molecule has 2 amide bonds. The number of hydrogen-bond acceptors (Lipinski definition) is 4. The molecule has 2 aliphatic rings. The maximum Gasteiger partial charge on any atom is 0.317 e. The Morgan fingerprint density at radius 3 is 2.92 bits per heavy atom. The Bertz CT molecular complexity index is 702. The highest BCUT2D eigenvalue weighted by Gasteiger charge is 2.27. The van der Waals surface area contributed by atoms with Crippen LogP contribution >= 0.6 is 0 Å². The van der Waals surface area contributed by atoms with Crippen LogP contribution in [0, 0.1) is 0 Å². The van der Waals surface area contributed by atoms with Crippen molar-refractivity contribution in [3.8, 4) is 0 Å². The Kier molecular flexibility index (Phi) is 4.34. The van der Waals surface area contributed by atoms with Gasteiger partial charge in [0, 0.05) is 38.4 Å². The molecule has 0 saturated carbocycles. The van der Waals surface area contributed by atoms with E-state index in [4.69, 9.17) is 4.74 Å². The summed E-state index contributed by atoms with van der Waals surface area (Å²) in [6.45, 7) is 2.94. The highest BCUT2D eigenvalue weighted by Crippen LogP contribution is 2.27. The van der Waals surface area contributed by atoms with Crippen LogP contribution in [0.2, 0.25) is 0 Å². The minimum atomic E-state index is 0.0232. The molecule has 1 atom stereocenters. The van der Waals surface area contributed by atoms with Crippen LogP contribution in [0.5, 0.6) is 0 Å². The molecule has 128 valence electrons. The molecule has 7 heteroatoms. The maximum atomic E-state index is 12.3. The number of carbonyl (C=O) groups is 1. The molecule has 7 nitrogen and oxygen atoms in total. The molecule has 0 aliphatic carbocycles. The van der Waals surface area contributed by atoms with Crippen molar-refractivity contribution in [1.82, 2.24) is 24.8 Å². The third-order valence-electron chi connectivity index (χ3n) is 4.99. The molecule has 2 aromatic rings. The number of pyridine rings is 1. The minimum Gasteiger partial charge on any atom is -0.376 e. The Hall–Kier alpha value is -2.15. The molecule has 0 unspecified atom stereocenters. The van der Waals surface area contributed by atoms with Gasteiger partial charge in [-0.05, 0) is 37.8 Å². The average molecular weight is 329 g/mol. The fourth-order valence-electron chi connectivity index (χ4n) is 3.60. The van der Waals surface area contributed by atoms with Crippen molar-refractivity contribution < 1.29 is 9.53 Å². The number of urea groups is 1. The van der Waals surface area contributed by atoms with Gasteiger partial charge in [-0.2, -0.15) is 0 Å². The zero-order valence-corrected chi connectivity index (χ0v) is 13.7. The lowest BCUT2D eigenvalue weighted by molar-refractivity contribution is 0.108. The summed E-state index contributed by atoms with van der Waals surface area (Å²) in [4.78, 5) is 14.2. The number of ether oxygens (including phenoxy) is 1. The second-order valence-corrected chi connectivity index (χ2v) is 6.57. The van der Waals surface area contributed by atoms with Gasteiger partial charge in [-0.15, -0.1) is 10.2 Å². The van der Waals surface area contributed by atoms with Crippen LogP contribution < -0.4 is 5.32 Å². The number of nitrogens with zero attached hydrogens (tertiary/aromatic N) is 4. The summed E-state index contributed by atoms with van der Waals surface area (Å²) < 4.78 is 7.60.